The summed E-state index contributed by atoms with van der Waals surface area (Å²) in [4.78, 5) is 20.5. The van der Waals surface area contributed by atoms with Gasteiger partial charge in [-0.05, 0) is 28.4 Å². The van der Waals surface area contributed by atoms with Crippen LogP contribution in [0.3, 0.4) is 0 Å². The first kappa shape index (κ1) is 9.85. The molecule has 5 heteroatoms. The van der Waals surface area contributed by atoms with E-state index in [2.05, 4.69) is 15.9 Å². The molecule has 13 heavy (non-hydrogen) atoms. The molecule has 0 aliphatic carbocycles. The van der Waals surface area contributed by atoms with E-state index in [0.717, 1.165) is 0 Å². The maximum atomic E-state index is 10.6. The molecule has 0 radical (unpaired) electrons. The van der Waals surface area contributed by atoms with Crippen LogP contribution in [0.4, 0.5) is 5.69 Å². The van der Waals surface area contributed by atoms with Crippen molar-refractivity contribution in [2.45, 2.75) is 6.92 Å². The number of halogens is 1. The van der Waals surface area contributed by atoms with Gasteiger partial charge in [-0.3, -0.25) is 14.9 Å². The molecule has 4 nitrogen and oxygen atoms in total. The quantitative estimate of drug-likeness (QED) is 0.456. The lowest BCUT2D eigenvalue weighted by Crippen LogP contribution is -1.95. The number of nitrogens with zero attached hydrogens (tertiary/aromatic N) is 1. The number of carbonyl (C=O) groups excluding carboxylic acids is 1. The lowest BCUT2D eigenvalue weighted by Gasteiger charge is -2.01. The number of aryl methyl sites for hydroxylation is 1. The van der Waals surface area contributed by atoms with Gasteiger partial charge in [0.1, 0.15) is 4.47 Å². The van der Waals surface area contributed by atoms with Crippen LogP contribution in [0, 0.1) is 17.0 Å². The Bertz CT molecular complexity index is 376. The van der Waals surface area contributed by atoms with Crippen LogP contribution in [-0.2, 0) is 0 Å². The van der Waals surface area contributed by atoms with Gasteiger partial charge in [0.25, 0.3) is 5.69 Å². The first-order chi connectivity index (χ1) is 6.07. The van der Waals surface area contributed by atoms with E-state index in [4.69, 9.17) is 0 Å². The number of benzene rings is 1. The zero-order chi connectivity index (χ0) is 10.0. The fourth-order valence-electron chi connectivity index (χ4n) is 0.964. The Labute approximate surface area is 82.8 Å². The van der Waals surface area contributed by atoms with E-state index in [1.807, 2.05) is 0 Å². The number of nitro benzene ring substituents is 1. The Morgan fingerprint density at radius 2 is 2.15 bits per heavy atom. The first-order valence-corrected chi connectivity index (χ1v) is 4.26. The molecule has 68 valence electrons. The highest BCUT2D eigenvalue weighted by Gasteiger charge is 2.16. The zero-order valence-electron chi connectivity index (χ0n) is 6.78. The third kappa shape index (κ3) is 1.75. The van der Waals surface area contributed by atoms with Crippen molar-refractivity contribution < 1.29 is 9.72 Å². The van der Waals surface area contributed by atoms with Crippen LogP contribution in [0.25, 0.3) is 0 Å². The van der Waals surface area contributed by atoms with Crippen molar-refractivity contribution in [2.75, 3.05) is 0 Å². The average molecular weight is 244 g/mol. The highest BCUT2D eigenvalue weighted by Crippen LogP contribution is 2.29. The summed E-state index contributed by atoms with van der Waals surface area (Å²) in [7, 11) is 0. The topological polar surface area (TPSA) is 60.2 Å². The van der Waals surface area contributed by atoms with E-state index < -0.39 is 4.92 Å². The normalized spacial score (nSPS) is 9.69. The highest BCUT2D eigenvalue weighted by molar-refractivity contribution is 9.10. The van der Waals surface area contributed by atoms with E-state index in [-0.39, 0.29) is 10.2 Å². The molecule has 0 fully saturated rings. The number of carbonyl (C=O) groups is 1. The second kappa shape index (κ2) is 3.66. The molecule has 0 saturated carbocycles. The minimum absolute atomic E-state index is 0.0901. The maximum Gasteiger partial charge on any atom is 0.284 e. The van der Waals surface area contributed by atoms with Crippen molar-refractivity contribution in [1.82, 2.24) is 0 Å². The van der Waals surface area contributed by atoms with Gasteiger partial charge in [0.15, 0.2) is 6.29 Å². The Kier molecular flexibility index (Phi) is 2.77. The van der Waals surface area contributed by atoms with E-state index >= 15 is 0 Å². The van der Waals surface area contributed by atoms with Crippen LogP contribution in [0.2, 0.25) is 0 Å². The van der Waals surface area contributed by atoms with Crippen LogP contribution >= 0.6 is 15.9 Å². The second-order valence-electron chi connectivity index (χ2n) is 2.50. The molecule has 0 atom stereocenters. The molecule has 1 aromatic rings. The van der Waals surface area contributed by atoms with Gasteiger partial charge < -0.3 is 0 Å². The maximum absolute atomic E-state index is 10.6. The third-order valence-corrected chi connectivity index (χ3v) is 2.53. The molecule has 0 aliphatic heterocycles. The zero-order valence-corrected chi connectivity index (χ0v) is 8.37. The summed E-state index contributed by atoms with van der Waals surface area (Å²) >= 11 is 3.02. The Balaban J connectivity index is 3.44. The second-order valence-corrected chi connectivity index (χ2v) is 3.30. The monoisotopic (exact) mass is 243 g/mol. The fraction of sp³-hybridized carbons (Fsp3) is 0.125. The van der Waals surface area contributed by atoms with Crippen LogP contribution < -0.4 is 0 Å². The van der Waals surface area contributed by atoms with Gasteiger partial charge in [-0.1, -0.05) is 6.07 Å². The minimum atomic E-state index is -0.531. The van der Waals surface area contributed by atoms with E-state index in [1.165, 1.54) is 6.07 Å². The predicted molar refractivity (Wildman–Crippen MR) is 50.9 cm³/mol. The minimum Gasteiger partial charge on any atom is -0.298 e. The molecule has 0 bridgehead atoms. The molecule has 0 spiro atoms. The molecule has 0 aliphatic rings. The van der Waals surface area contributed by atoms with Crippen molar-refractivity contribution >= 4 is 27.9 Å². The third-order valence-electron chi connectivity index (χ3n) is 1.69. The fourth-order valence-corrected chi connectivity index (χ4v) is 1.65. The van der Waals surface area contributed by atoms with Crippen LogP contribution in [-0.4, -0.2) is 11.2 Å². The SMILES string of the molecule is Cc1ccc([N+](=O)[O-])c(Br)c1C=O. The van der Waals surface area contributed by atoms with E-state index in [1.54, 1.807) is 13.0 Å². The molecule has 0 heterocycles. The number of hydrogen-bond donors (Lipinski definition) is 0. The number of rotatable bonds is 2. The lowest BCUT2D eigenvalue weighted by molar-refractivity contribution is -0.385. The number of aldehydes is 1. The summed E-state index contributed by atoms with van der Waals surface area (Å²) in [5.74, 6) is 0. The lowest BCUT2D eigenvalue weighted by atomic mass is 10.1. The van der Waals surface area contributed by atoms with E-state index in [9.17, 15) is 14.9 Å². The van der Waals surface area contributed by atoms with Crippen molar-refractivity contribution in [2.24, 2.45) is 0 Å². The molecule has 0 amide bonds. The van der Waals surface area contributed by atoms with E-state index in [0.29, 0.717) is 17.4 Å². The van der Waals surface area contributed by atoms with Crippen molar-refractivity contribution in [3.05, 3.63) is 37.8 Å². The van der Waals surface area contributed by atoms with Gasteiger partial charge in [-0.15, -0.1) is 0 Å². The van der Waals surface area contributed by atoms with Gasteiger partial charge in [-0.2, -0.15) is 0 Å². The summed E-state index contributed by atoms with van der Waals surface area (Å²) in [5, 5.41) is 10.5. The van der Waals surface area contributed by atoms with Gasteiger partial charge in [0.2, 0.25) is 0 Å². The van der Waals surface area contributed by atoms with Gasteiger partial charge >= 0.3 is 0 Å². The Morgan fingerprint density at radius 3 is 2.62 bits per heavy atom. The number of hydrogen-bond acceptors (Lipinski definition) is 3. The van der Waals surface area contributed by atoms with Gasteiger partial charge in [0.05, 0.1) is 4.92 Å². The Morgan fingerprint density at radius 1 is 1.54 bits per heavy atom. The first-order valence-electron chi connectivity index (χ1n) is 3.46. The predicted octanol–water partition coefficient (Wildman–Crippen LogP) is 2.48. The molecular weight excluding hydrogens is 238 g/mol. The molecular formula is C8H6BrNO3. The molecule has 0 N–H and O–H groups in total. The molecule has 0 saturated heterocycles. The number of nitro groups is 1. The standard InChI is InChI=1S/C8H6BrNO3/c1-5-2-3-7(10(12)13)8(9)6(5)4-11/h2-4H,1H3. The molecule has 1 aromatic carbocycles. The highest BCUT2D eigenvalue weighted by atomic mass is 79.9. The van der Waals surface area contributed by atoms with Gasteiger partial charge in [0, 0.05) is 11.6 Å². The summed E-state index contributed by atoms with van der Waals surface area (Å²) < 4.78 is 0.243. The molecule has 0 aromatic heterocycles. The molecule has 0 unspecified atom stereocenters. The average Bonchev–Trinajstić information content (AvgIpc) is 2.04. The summed E-state index contributed by atoms with van der Waals surface area (Å²) in [6, 6.07) is 2.92. The van der Waals surface area contributed by atoms with Crippen LogP contribution in [0.5, 0.6) is 0 Å². The smallest absolute Gasteiger partial charge is 0.284 e. The van der Waals surface area contributed by atoms with Crippen LogP contribution in [0.15, 0.2) is 16.6 Å². The summed E-state index contributed by atoms with van der Waals surface area (Å²) in [5.41, 5.74) is 0.953. The van der Waals surface area contributed by atoms with Crippen molar-refractivity contribution in [1.29, 1.82) is 0 Å². The Hall–Kier alpha value is -1.23. The van der Waals surface area contributed by atoms with Crippen molar-refractivity contribution in [3.63, 3.8) is 0 Å². The molecule has 1 rings (SSSR count). The largest absolute Gasteiger partial charge is 0.298 e. The van der Waals surface area contributed by atoms with Crippen LogP contribution in [0.1, 0.15) is 15.9 Å². The summed E-state index contributed by atoms with van der Waals surface area (Å²) in [6.45, 7) is 1.72. The van der Waals surface area contributed by atoms with Gasteiger partial charge in [-0.25, -0.2) is 0 Å². The van der Waals surface area contributed by atoms with Crippen molar-refractivity contribution in [3.8, 4) is 0 Å². The summed E-state index contributed by atoms with van der Waals surface area (Å²) in [6.07, 6.45) is 0.604.